The SMILES string of the molecule is CN1C(=O)CN=C(c2ccccc2)c2cc(Cl)ccc21.CN[C@H](CC(C)C)C(=O)N[C@H]1C(=O)N[C@@H](CC(N)=O)C(=O)N[C@H]2C(=O)N[C@H]3C(=O)N[C@H](C(=O)N[C@@H](C(=O)O)c4cc(O)cc(O)c4-c4cc3ccc4O)[C@H](O)c3ccc(c(Cl)c3)Oc3cc2cc(c3O[C@@H]2O[C@H](CO)[C@@H](O)[C@H](O)[C@H]2O[C@H]2C[C@](C)(N)C(O)[C@H](C)O2)Oc2ccc(cc2Cl)[C@H]1O. The lowest BCUT2D eigenvalue weighted by molar-refractivity contribution is -0.333. The highest BCUT2D eigenvalue weighted by Gasteiger charge is 2.52. The zero-order valence-corrected chi connectivity index (χ0v) is 67.6. The first-order valence-corrected chi connectivity index (χ1v) is 39.1. The normalized spacial score (nSPS) is 27.0. The third-order valence-electron chi connectivity index (χ3n) is 21.1. The second-order valence-corrected chi connectivity index (χ2v) is 31.6. The molecule has 18 atom stereocenters. The molecule has 121 heavy (non-hydrogen) atoms. The minimum Gasteiger partial charge on any atom is -0.508 e. The summed E-state index contributed by atoms with van der Waals surface area (Å²) in [6.07, 6.45) is -18.6. The number of nitrogens with two attached hydrogens (primary N) is 2. The van der Waals surface area contributed by atoms with E-state index >= 15 is 14.4 Å². The fourth-order valence-corrected chi connectivity index (χ4v) is 15.4. The number of aliphatic carboxylic acids is 1. The van der Waals surface area contributed by atoms with Crippen molar-refractivity contribution < 1.29 is 123 Å². The maximum absolute atomic E-state index is 16.0. The van der Waals surface area contributed by atoms with Crippen LogP contribution in [0.4, 0.5) is 5.69 Å². The number of carboxylic acids is 1. The van der Waals surface area contributed by atoms with E-state index in [2.05, 4.69) is 42.2 Å². The van der Waals surface area contributed by atoms with E-state index in [9.17, 15) is 79.8 Å². The number of carbonyl (C=O) groups is 9. The number of fused-ring (bicyclic) bond motifs is 16. The van der Waals surface area contributed by atoms with Gasteiger partial charge in [-0.25, -0.2) is 4.79 Å². The molecule has 7 aromatic rings. The molecule has 7 aromatic carbocycles. The predicted molar refractivity (Wildman–Crippen MR) is 431 cm³/mol. The number of halogens is 3. The first kappa shape index (κ1) is 88.9. The summed E-state index contributed by atoms with van der Waals surface area (Å²) in [6.45, 7) is 5.81. The third-order valence-corrected chi connectivity index (χ3v) is 22.0. The molecule has 642 valence electrons. The average molecular weight is 1730 g/mol. The van der Waals surface area contributed by atoms with Gasteiger partial charge in [-0.2, -0.15) is 0 Å². The molecule has 15 rings (SSSR count). The van der Waals surface area contributed by atoms with Gasteiger partial charge in [0.25, 0.3) is 0 Å². The molecule has 8 amide bonds. The summed E-state index contributed by atoms with van der Waals surface area (Å²) in [6, 6.07) is 14.7. The van der Waals surface area contributed by atoms with Crippen LogP contribution in [0.2, 0.25) is 15.1 Å². The van der Waals surface area contributed by atoms with Crippen LogP contribution in [-0.4, -0.2) is 216 Å². The van der Waals surface area contributed by atoms with Crippen LogP contribution in [0.1, 0.15) is 116 Å². The lowest BCUT2D eigenvalue weighted by atomic mass is 9.86. The molecule has 39 heteroatoms. The largest absolute Gasteiger partial charge is 0.508 e. The van der Waals surface area contributed by atoms with Crippen molar-refractivity contribution >= 4 is 99.4 Å². The van der Waals surface area contributed by atoms with Gasteiger partial charge in [0.2, 0.25) is 59.3 Å². The van der Waals surface area contributed by atoms with Crippen molar-refractivity contribution in [1.82, 2.24) is 37.2 Å². The molecule has 0 radical (unpaired) electrons. The van der Waals surface area contributed by atoms with Crippen molar-refractivity contribution in [3.8, 4) is 57.1 Å². The molecule has 0 aliphatic carbocycles. The Morgan fingerprint density at radius 3 is 1.93 bits per heavy atom. The number of benzene rings is 7. The van der Waals surface area contributed by atoms with Crippen LogP contribution in [0.25, 0.3) is 11.1 Å². The van der Waals surface area contributed by atoms with Gasteiger partial charge in [0.05, 0.1) is 52.7 Å². The number of likely N-dealkylation sites (N-methyl/N-ethyl adjacent to an activating group) is 2. The number of ether oxygens (including phenoxy) is 6. The van der Waals surface area contributed by atoms with E-state index in [1.165, 1.54) is 33.0 Å². The van der Waals surface area contributed by atoms with Crippen LogP contribution in [0, 0.1) is 5.92 Å². The van der Waals surface area contributed by atoms with Gasteiger partial charge in [0.15, 0.2) is 29.9 Å². The second-order valence-electron chi connectivity index (χ2n) is 30.4. The number of phenols is 3. The number of carboxylic acid groups (broad SMARTS) is 1. The molecule has 8 heterocycles. The molecule has 8 aliphatic rings. The first-order valence-electron chi connectivity index (χ1n) is 38.0. The highest BCUT2D eigenvalue weighted by molar-refractivity contribution is 6.33. The number of anilines is 1. The molecule has 8 aliphatic heterocycles. The first-order chi connectivity index (χ1) is 57.3. The van der Waals surface area contributed by atoms with Gasteiger partial charge in [0, 0.05) is 57.9 Å². The Bertz CT molecular complexity index is 5220. The Morgan fingerprint density at radius 1 is 0.694 bits per heavy atom. The van der Waals surface area contributed by atoms with E-state index in [0.29, 0.717) is 5.02 Å². The molecule has 36 nitrogen and oxygen atoms in total. The van der Waals surface area contributed by atoms with Crippen molar-refractivity contribution in [2.45, 2.75) is 156 Å². The number of rotatable bonds is 14. The Morgan fingerprint density at radius 2 is 1.32 bits per heavy atom. The number of aromatic hydroxyl groups is 3. The number of aliphatic hydroxyl groups excluding tert-OH is 6. The van der Waals surface area contributed by atoms with Gasteiger partial charge in [0.1, 0.15) is 96.0 Å². The van der Waals surface area contributed by atoms with Crippen LogP contribution in [0.15, 0.2) is 132 Å². The van der Waals surface area contributed by atoms with Crippen molar-refractivity contribution in [3.05, 3.63) is 181 Å². The average Bonchev–Trinajstić information content (AvgIpc) is 1.32. The fourth-order valence-electron chi connectivity index (χ4n) is 14.8. The van der Waals surface area contributed by atoms with Gasteiger partial charge in [-0.05, 0) is 128 Å². The molecular weight excluding hydrogens is 1650 g/mol. The van der Waals surface area contributed by atoms with Crippen molar-refractivity contribution in [3.63, 3.8) is 0 Å². The number of carbonyl (C=O) groups excluding carboxylic acids is 8. The number of nitrogens with zero attached hydrogens (tertiary/aromatic N) is 2. The summed E-state index contributed by atoms with van der Waals surface area (Å²) in [5.41, 5.74) is 11.5. The van der Waals surface area contributed by atoms with Crippen LogP contribution < -0.4 is 67.8 Å². The maximum atomic E-state index is 16.0. The summed E-state index contributed by atoms with van der Waals surface area (Å²) < 4.78 is 38.3. The number of amides is 8. The summed E-state index contributed by atoms with van der Waals surface area (Å²) in [7, 11) is 3.23. The van der Waals surface area contributed by atoms with Crippen molar-refractivity contribution in [1.29, 1.82) is 0 Å². The van der Waals surface area contributed by atoms with E-state index in [1.54, 1.807) is 18.0 Å². The highest BCUT2D eigenvalue weighted by atomic mass is 35.5. The van der Waals surface area contributed by atoms with Gasteiger partial charge in [-0.3, -0.25) is 43.3 Å². The zero-order chi connectivity index (χ0) is 87.7. The fraction of sp³-hybridized carbons (Fsp3) is 0.366. The minimum absolute atomic E-state index is 0.0282. The Labute approximate surface area is 705 Å². The summed E-state index contributed by atoms with van der Waals surface area (Å²) in [5.74, 6) is -16.0. The van der Waals surface area contributed by atoms with Crippen molar-refractivity contribution in [2.75, 3.05) is 32.1 Å². The molecule has 11 bridgehead atoms. The summed E-state index contributed by atoms with van der Waals surface area (Å²) >= 11 is 20.2. The monoisotopic (exact) mass is 1730 g/mol. The van der Waals surface area contributed by atoms with Gasteiger partial charge >= 0.3 is 5.97 Å². The standard InChI is InChI=1S/C66H75Cl2N9O24.C16H13ClN2O/c1-23(2)12-34(71-5)58(88)76-49-51(83)26-7-10-38(32(67)14-26)97-40-16-28-17-41(55(40)101-65-56(54(86)53(85)42(22-78)99-65)100-44-21-66(4,70)57(87)24(3)96-44)98-39-11-8-27(15-33(39)68)52(84)50-63(93)75-48(64(94)95)31-18-29(79)19-37(81)45(31)30-13-25(6-9-36(30)80)46(60(90)77-50)74-61(91)47(28)73-59(89)35(20-43(69)82)72-62(49)92;1-19-14-8-7-12(17)9-13(14)16(18-10-15(19)20)11-5-3-2-4-6-11/h6-11,13-19,23-24,34-35,42,44,46-54,56-57,65,71,78-81,83-87H,12,20-22,70H2,1-5H3,(H2,69,82)(H,72,92)(H,73,89)(H,74,91)(H,75,93)(H,76,88)(H,77,90)(H,94,95);2-9H,10H2,1H3/t24-,34+,35-,42+,44-,46+,47+,48+,49+,50-,51+,52+,53+,54-,56+,57?,65-,66-;/m0./s1. The molecule has 0 aromatic heterocycles. The molecule has 1 unspecified atom stereocenters. The smallest absolute Gasteiger partial charge is 0.330 e. The lowest BCUT2D eigenvalue weighted by Crippen LogP contribution is -2.64. The molecule has 2 saturated heterocycles. The number of aliphatic hydroxyl groups is 6. The second kappa shape index (κ2) is 36.9. The summed E-state index contributed by atoms with van der Waals surface area (Å²) in [5, 5.41) is 131. The van der Waals surface area contributed by atoms with Gasteiger partial charge in [-0.15, -0.1) is 0 Å². The van der Waals surface area contributed by atoms with Crippen LogP contribution >= 0.6 is 34.8 Å². The lowest BCUT2D eigenvalue weighted by Gasteiger charge is -2.47. The number of benzodiazepines with no additional fused rings is 1. The van der Waals surface area contributed by atoms with Gasteiger partial charge < -0.3 is 133 Å². The minimum atomic E-state index is -2.35. The van der Waals surface area contributed by atoms with E-state index in [-0.39, 0.29) is 58.7 Å². The van der Waals surface area contributed by atoms with Gasteiger partial charge in [-0.1, -0.05) is 97.2 Å². The highest BCUT2D eigenvalue weighted by Crippen LogP contribution is 2.50. The molecule has 2 fully saturated rings. The number of hydrogen-bond acceptors (Lipinski definition) is 27. The molecule has 0 spiro atoms. The number of primary amides is 1. The Kier molecular flexibility index (Phi) is 27.2. The number of nitrogens with one attached hydrogen (secondary N) is 7. The van der Waals surface area contributed by atoms with Crippen LogP contribution in [-0.2, 0) is 57.4 Å². The van der Waals surface area contributed by atoms with Crippen LogP contribution in [0.3, 0.4) is 0 Å². The third kappa shape index (κ3) is 19.4. The van der Waals surface area contributed by atoms with E-state index < -0.39 is 237 Å². The molecule has 21 N–H and O–H groups in total. The van der Waals surface area contributed by atoms with E-state index in [1.807, 2.05) is 56.3 Å². The van der Waals surface area contributed by atoms with Crippen LogP contribution in [0.5, 0.6) is 46.0 Å². The topological polar surface area (TPSA) is 563 Å². The Balaban J connectivity index is 0.000000581. The number of aliphatic imine (C=N–C) groups is 1. The maximum Gasteiger partial charge on any atom is 0.330 e. The zero-order valence-electron chi connectivity index (χ0n) is 65.3. The number of phenolic OH excluding ortho intramolecular Hbond substituents is 3. The molecule has 0 saturated carbocycles. The van der Waals surface area contributed by atoms with E-state index in [4.69, 9.17) is 74.7 Å². The van der Waals surface area contributed by atoms with E-state index in [0.717, 1.165) is 89.3 Å². The quantitative estimate of drug-likeness (QED) is 0.0743. The summed E-state index contributed by atoms with van der Waals surface area (Å²) in [4.78, 5) is 135. The van der Waals surface area contributed by atoms with Crippen molar-refractivity contribution in [2.24, 2.45) is 22.4 Å². The molecular formula is C82H88Cl3N11O25. The number of hydrogen-bond donors (Lipinski definition) is 19. The predicted octanol–water partition coefficient (Wildman–Crippen LogP) is 3.26. The Hall–Kier alpha value is -11.3.